The third kappa shape index (κ3) is 6.24. The first kappa shape index (κ1) is 27.6. The average molecular weight is 585 g/mol. The van der Waals surface area contributed by atoms with E-state index in [0.29, 0.717) is 49.9 Å². The number of hydrogen-bond acceptors (Lipinski definition) is 8. The van der Waals surface area contributed by atoms with Gasteiger partial charge in [-0.05, 0) is 49.9 Å². The number of ether oxygens (including phenoxy) is 4. The molecule has 0 aliphatic carbocycles. The fourth-order valence-electron chi connectivity index (χ4n) is 5.18. The maximum Gasteiger partial charge on any atom is 0.213 e. The van der Waals surface area contributed by atoms with Crippen molar-refractivity contribution in [3.8, 4) is 23.5 Å². The molecule has 0 saturated carbocycles. The largest absolute Gasteiger partial charge is 0.477 e. The number of aromatic nitrogens is 4. The fraction of sp³-hybridized carbons (Fsp3) is 0.222. The summed E-state index contributed by atoms with van der Waals surface area (Å²) in [5.74, 6) is 2.31. The topological polar surface area (TPSA) is 88.5 Å². The van der Waals surface area contributed by atoms with Crippen LogP contribution >= 0.6 is 0 Å². The van der Waals surface area contributed by atoms with Gasteiger partial charge in [-0.1, -0.05) is 48.6 Å². The van der Waals surface area contributed by atoms with E-state index in [1.54, 1.807) is 0 Å². The van der Waals surface area contributed by atoms with Gasteiger partial charge in [-0.25, -0.2) is 19.9 Å². The summed E-state index contributed by atoms with van der Waals surface area (Å²) in [6, 6.07) is 23.9. The predicted molar refractivity (Wildman–Crippen MR) is 173 cm³/mol. The van der Waals surface area contributed by atoms with E-state index in [1.807, 2.05) is 48.5 Å². The molecule has 4 aromatic heterocycles. The van der Waals surface area contributed by atoms with E-state index in [-0.39, 0.29) is 0 Å². The minimum absolute atomic E-state index is 0.522. The van der Waals surface area contributed by atoms with Gasteiger partial charge in [0.2, 0.25) is 23.5 Å². The zero-order valence-corrected chi connectivity index (χ0v) is 24.3. The highest BCUT2D eigenvalue weighted by Gasteiger charge is 2.09. The molecule has 220 valence electrons. The molecule has 8 heteroatoms. The Kier molecular flexibility index (Phi) is 8.12. The number of pyridine rings is 4. The van der Waals surface area contributed by atoms with Crippen LogP contribution in [-0.4, -0.2) is 46.4 Å². The number of nitrogens with zero attached hydrogens (tertiary/aromatic N) is 4. The zero-order chi connectivity index (χ0) is 29.6. The van der Waals surface area contributed by atoms with Gasteiger partial charge in [0.05, 0.1) is 26.4 Å². The van der Waals surface area contributed by atoms with Gasteiger partial charge in [0.15, 0.2) is 0 Å². The van der Waals surface area contributed by atoms with E-state index in [1.165, 1.54) is 0 Å². The summed E-state index contributed by atoms with van der Waals surface area (Å²) in [6.07, 6.45) is 11.4. The highest BCUT2D eigenvalue weighted by Crippen LogP contribution is 2.28. The molecule has 8 nitrogen and oxygen atoms in total. The van der Waals surface area contributed by atoms with Crippen LogP contribution in [0.1, 0.15) is 25.7 Å². The van der Waals surface area contributed by atoms with E-state index in [0.717, 1.165) is 69.3 Å². The summed E-state index contributed by atoms with van der Waals surface area (Å²) in [7, 11) is 0. The molecule has 8 bridgehead atoms. The van der Waals surface area contributed by atoms with E-state index >= 15 is 0 Å². The van der Waals surface area contributed by atoms with Crippen LogP contribution in [0.5, 0.6) is 23.5 Å². The molecule has 1 aliphatic rings. The van der Waals surface area contributed by atoms with E-state index < -0.39 is 0 Å². The minimum Gasteiger partial charge on any atom is -0.477 e. The number of benzene rings is 2. The summed E-state index contributed by atoms with van der Waals surface area (Å²) < 4.78 is 23.9. The summed E-state index contributed by atoms with van der Waals surface area (Å²) in [4.78, 5) is 19.1. The second-order valence-electron chi connectivity index (χ2n) is 10.5. The van der Waals surface area contributed by atoms with Crippen LogP contribution in [0.3, 0.4) is 0 Å². The first-order valence-electron chi connectivity index (χ1n) is 15.0. The Balaban J connectivity index is 1.10. The van der Waals surface area contributed by atoms with Crippen molar-refractivity contribution in [2.45, 2.75) is 25.7 Å². The molecule has 0 amide bonds. The Morgan fingerprint density at radius 2 is 0.545 bits per heavy atom. The van der Waals surface area contributed by atoms with E-state index in [4.69, 9.17) is 38.9 Å². The molecule has 44 heavy (non-hydrogen) atoms. The third-order valence-electron chi connectivity index (χ3n) is 7.41. The molecular weight excluding hydrogens is 552 g/mol. The van der Waals surface area contributed by atoms with Crippen molar-refractivity contribution in [1.29, 1.82) is 0 Å². The van der Waals surface area contributed by atoms with Crippen molar-refractivity contribution < 1.29 is 18.9 Å². The quantitative estimate of drug-likeness (QED) is 0.132. The lowest BCUT2D eigenvalue weighted by molar-refractivity contribution is 0.309. The van der Waals surface area contributed by atoms with Gasteiger partial charge in [0.25, 0.3) is 0 Å². The molecule has 6 aromatic rings. The second-order valence-corrected chi connectivity index (χ2v) is 10.5. The number of rotatable bonds is 0. The predicted octanol–water partition coefficient (Wildman–Crippen LogP) is 7.78. The van der Waals surface area contributed by atoms with Crippen molar-refractivity contribution in [2.24, 2.45) is 0 Å². The van der Waals surface area contributed by atoms with Crippen LogP contribution < -0.4 is 18.9 Å². The van der Waals surface area contributed by atoms with E-state index in [9.17, 15) is 0 Å². The molecule has 2 aromatic carbocycles. The van der Waals surface area contributed by atoms with Crippen LogP contribution in [0.15, 0.2) is 97.1 Å². The Bertz CT molecular complexity index is 1720. The lowest BCUT2D eigenvalue weighted by atomic mass is 10.1. The fourth-order valence-corrected chi connectivity index (χ4v) is 5.18. The Morgan fingerprint density at radius 3 is 0.795 bits per heavy atom. The summed E-state index contributed by atoms with van der Waals surface area (Å²) >= 11 is 0. The first-order chi connectivity index (χ1) is 21.8. The second kappa shape index (κ2) is 13.0. The van der Waals surface area contributed by atoms with Gasteiger partial charge in [0.1, 0.15) is 22.1 Å². The molecule has 5 heterocycles. The van der Waals surface area contributed by atoms with Crippen molar-refractivity contribution in [2.75, 3.05) is 26.4 Å². The molecule has 0 spiro atoms. The van der Waals surface area contributed by atoms with Gasteiger partial charge in [-0.3, -0.25) is 0 Å². The SMILES string of the molecule is C1=C\CCOc2ccc3ccc4ccc(nc4c3n2)OCC/C=C\CCOc2ccc3ccc4ccc(nc4c3n2)OCC/1. The van der Waals surface area contributed by atoms with Gasteiger partial charge >= 0.3 is 0 Å². The first-order valence-corrected chi connectivity index (χ1v) is 15.0. The molecule has 0 N–H and O–H groups in total. The smallest absolute Gasteiger partial charge is 0.213 e. The van der Waals surface area contributed by atoms with Crippen molar-refractivity contribution in [3.63, 3.8) is 0 Å². The van der Waals surface area contributed by atoms with Crippen LogP contribution in [-0.2, 0) is 0 Å². The number of fused-ring (bicyclic) bond motifs is 4. The Labute approximate surface area is 255 Å². The maximum absolute atomic E-state index is 5.98. The van der Waals surface area contributed by atoms with Crippen LogP contribution in [0.25, 0.3) is 43.6 Å². The average Bonchev–Trinajstić information content (AvgIpc) is 3.06. The van der Waals surface area contributed by atoms with Crippen molar-refractivity contribution in [1.82, 2.24) is 19.9 Å². The monoisotopic (exact) mass is 584 g/mol. The highest BCUT2D eigenvalue weighted by atomic mass is 16.5. The van der Waals surface area contributed by atoms with Crippen LogP contribution in [0.2, 0.25) is 0 Å². The molecule has 0 radical (unpaired) electrons. The number of hydrogen-bond donors (Lipinski definition) is 0. The lowest BCUT2D eigenvalue weighted by Gasteiger charge is -2.09. The standard InChI is InChI=1S/C36H32N4O4/c1-2-6-22-42-30-18-14-26-11-12-28-16-20-32(40-36(28)35(26)38-30)44-24-8-4-3-7-23-43-31-19-15-27-10-9-25-13-17-29(41-21-5-1)37-33(25)34(27)39-31/h1-4,9-20H,5-8,21-24H2/b2-1-,4-3-. The van der Waals surface area contributed by atoms with Crippen molar-refractivity contribution >= 4 is 43.6 Å². The molecule has 0 saturated heterocycles. The Hall–Kier alpha value is -5.24. The molecule has 0 fully saturated rings. The summed E-state index contributed by atoms with van der Waals surface area (Å²) in [5, 5.41) is 4.02. The highest BCUT2D eigenvalue weighted by molar-refractivity contribution is 6.03. The van der Waals surface area contributed by atoms with Gasteiger partial charge < -0.3 is 18.9 Å². The molecule has 1 aliphatic heterocycles. The molecular formula is C36H32N4O4. The Morgan fingerprint density at radius 1 is 0.318 bits per heavy atom. The zero-order valence-electron chi connectivity index (χ0n) is 24.3. The van der Waals surface area contributed by atoms with Crippen LogP contribution in [0, 0.1) is 0 Å². The summed E-state index contributed by atoms with van der Waals surface area (Å²) in [5.41, 5.74) is 3.20. The summed E-state index contributed by atoms with van der Waals surface area (Å²) in [6.45, 7) is 2.09. The molecule has 0 unspecified atom stereocenters. The van der Waals surface area contributed by atoms with Crippen molar-refractivity contribution in [3.05, 3.63) is 97.1 Å². The van der Waals surface area contributed by atoms with Gasteiger partial charge in [-0.2, -0.15) is 0 Å². The lowest BCUT2D eigenvalue weighted by Crippen LogP contribution is -2.01. The van der Waals surface area contributed by atoms with Crippen LogP contribution in [0.4, 0.5) is 0 Å². The maximum atomic E-state index is 5.98. The molecule has 0 atom stereocenters. The van der Waals surface area contributed by atoms with E-state index in [2.05, 4.69) is 48.6 Å². The normalized spacial score (nSPS) is 16.5. The molecule has 7 rings (SSSR count). The van der Waals surface area contributed by atoms with Gasteiger partial charge in [0, 0.05) is 45.8 Å². The minimum atomic E-state index is 0.522. The van der Waals surface area contributed by atoms with Gasteiger partial charge in [-0.15, -0.1) is 0 Å². The third-order valence-corrected chi connectivity index (χ3v) is 7.41.